The second-order valence-electron chi connectivity index (χ2n) is 2.07. The molecule has 0 aliphatic carbocycles. The molecule has 1 heterocycles. The minimum absolute atomic E-state index is 0.156. The predicted octanol–water partition coefficient (Wildman–Crippen LogP) is 1.39. The van der Waals surface area contributed by atoms with Crippen molar-refractivity contribution in [2.75, 3.05) is 5.43 Å². The van der Waals surface area contributed by atoms with Gasteiger partial charge in [-0.25, -0.2) is 5.84 Å². The summed E-state index contributed by atoms with van der Waals surface area (Å²) < 4.78 is 36.9. The lowest BCUT2D eigenvalue weighted by Crippen LogP contribution is -2.17. The zero-order valence-corrected chi connectivity index (χ0v) is 8.22. The number of halogens is 4. The predicted molar refractivity (Wildman–Crippen MR) is 47.6 cm³/mol. The van der Waals surface area contributed by atoms with Gasteiger partial charge in [-0.05, 0) is 28.7 Å². The van der Waals surface area contributed by atoms with E-state index in [0.29, 0.717) is 0 Å². The molecule has 0 unspecified atom stereocenters. The van der Waals surface area contributed by atoms with Gasteiger partial charge in [0.05, 0.1) is 0 Å². The highest BCUT2D eigenvalue weighted by Crippen LogP contribution is 2.33. The monoisotopic (exact) mass is 304 g/mol. The first kappa shape index (κ1) is 10.4. The highest BCUT2D eigenvalue weighted by Gasteiger charge is 2.34. The lowest BCUT2D eigenvalue weighted by atomic mass is 10.3. The van der Waals surface area contributed by atoms with Crippen molar-refractivity contribution in [2.45, 2.75) is 6.18 Å². The Labute approximate surface area is 84.8 Å². The molecule has 0 aliphatic heterocycles. The zero-order chi connectivity index (χ0) is 10.1. The quantitative estimate of drug-likeness (QED) is 0.467. The minimum Gasteiger partial charge on any atom is -0.306 e. The fourth-order valence-corrected chi connectivity index (χ4v) is 1.11. The first-order valence-corrected chi connectivity index (χ1v) is 4.10. The lowest BCUT2D eigenvalue weighted by molar-refractivity contribution is -0.137. The highest BCUT2D eigenvalue weighted by molar-refractivity contribution is 14.1. The fourth-order valence-electron chi connectivity index (χ4n) is 0.691. The van der Waals surface area contributed by atoms with E-state index in [4.69, 9.17) is 5.84 Å². The number of nitrogen functional groups attached to an aromatic ring is 1. The molecule has 1 aromatic heterocycles. The average molecular weight is 304 g/mol. The zero-order valence-electron chi connectivity index (χ0n) is 6.06. The van der Waals surface area contributed by atoms with Gasteiger partial charge in [-0.1, -0.05) is 0 Å². The first-order chi connectivity index (χ1) is 5.95. The first-order valence-electron chi connectivity index (χ1n) is 3.02. The standard InChI is InChI=1S/C5H4F3IN4/c6-5(7,8)2-1-3(9)12-13-4(2)11-10/h1H,10H2,(H,11,13). The van der Waals surface area contributed by atoms with Gasteiger partial charge in [-0.15, -0.1) is 10.2 Å². The average Bonchev–Trinajstić information content (AvgIpc) is 2.03. The Morgan fingerprint density at radius 1 is 1.38 bits per heavy atom. The fraction of sp³-hybridized carbons (Fsp3) is 0.200. The normalized spacial score (nSPS) is 11.5. The Balaban J connectivity index is 3.24. The number of alkyl halides is 3. The van der Waals surface area contributed by atoms with Crippen molar-refractivity contribution in [2.24, 2.45) is 5.84 Å². The Morgan fingerprint density at radius 2 is 2.00 bits per heavy atom. The maximum atomic E-state index is 12.2. The van der Waals surface area contributed by atoms with Gasteiger partial charge in [-0.2, -0.15) is 13.2 Å². The van der Waals surface area contributed by atoms with Gasteiger partial charge in [0, 0.05) is 0 Å². The van der Waals surface area contributed by atoms with Crippen LogP contribution in [-0.4, -0.2) is 10.2 Å². The molecule has 0 radical (unpaired) electrons. The van der Waals surface area contributed by atoms with E-state index in [1.165, 1.54) is 0 Å². The van der Waals surface area contributed by atoms with Crippen molar-refractivity contribution >= 4 is 28.4 Å². The Kier molecular flexibility index (Phi) is 2.91. The van der Waals surface area contributed by atoms with E-state index in [9.17, 15) is 13.2 Å². The van der Waals surface area contributed by atoms with Crippen LogP contribution < -0.4 is 11.3 Å². The Bertz CT molecular complexity index is 313. The number of nitrogens with two attached hydrogens (primary N) is 1. The van der Waals surface area contributed by atoms with Gasteiger partial charge in [0.2, 0.25) is 0 Å². The summed E-state index contributed by atoms with van der Waals surface area (Å²) in [6.07, 6.45) is -4.47. The van der Waals surface area contributed by atoms with Crippen LogP contribution in [0.25, 0.3) is 0 Å². The van der Waals surface area contributed by atoms with Crippen LogP contribution in [0.4, 0.5) is 19.0 Å². The second kappa shape index (κ2) is 3.62. The van der Waals surface area contributed by atoms with Crippen molar-refractivity contribution in [3.8, 4) is 0 Å². The third-order valence-electron chi connectivity index (χ3n) is 1.21. The molecule has 0 amide bonds. The topological polar surface area (TPSA) is 63.8 Å². The number of rotatable bonds is 1. The number of nitrogens with zero attached hydrogens (tertiary/aromatic N) is 2. The summed E-state index contributed by atoms with van der Waals surface area (Å²) in [5.41, 5.74) is 0.911. The van der Waals surface area contributed by atoms with Crippen molar-refractivity contribution in [3.05, 3.63) is 15.3 Å². The summed E-state index contributed by atoms with van der Waals surface area (Å²) >= 11 is 1.64. The largest absolute Gasteiger partial charge is 0.420 e. The van der Waals surface area contributed by atoms with Gasteiger partial charge in [0.15, 0.2) is 5.82 Å². The SMILES string of the molecule is NNc1nnc(I)cc1C(F)(F)F. The number of nitrogens with one attached hydrogen (secondary N) is 1. The van der Waals surface area contributed by atoms with Crippen molar-refractivity contribution in [3.63, 3.8) is 0 Å². The third kappa shape index (κ3) is 2.40. The lowest BCUT2D eigenvalue weighted by Gasteiger charge is -2.09. The molecule has 8 heteroatoms. The summed E-state index contributed by atoms with van der Waals surface area (Å²) in [6, 6.07) is 0.864. The van der Waals surface area contributed by atoms with E-state index in [-0.39, 0.29) is 3.70 Å². The van der Waals surface area contributed by atoms with Gasteiger partial charge in [0.25, 0.3) is 0 Å². The number of anilines is 1. The van der Waals surface area contributed by atoms with Crippen molar-refractivity contribution in [1.29, 1.82) is 0 Å². The number of hydrogen-bond donors (Lipinski definition) is 2. The Hall–Kier alpha value is -0.640. The minimum atomic E-state index is -4.47. The highest BCUT2D eigenvalue weighted by atomic mass is 127. The summed E-state index contributed by atoms with van der Waals surface area (Å²) in [4.78, 5) is 0. The summed E-state index contributed by atoms with van der Waals surface area (Å²) in [6.45, 7) is 0. The van der Waals surface area contributed by atoms with Gasteiger partial charge in [-0.3, -0.25) is 0 Å². The van der Waals surface area contributed by atoms with E-state index in [1.807, 2.05) is 5.43 Å². The van der Waals surface area contributed by atoms with Crippen LogP contribution >= 0.6 is 22.6 Å². The van der Waals surface area contributed by atoms with Crippen LogP contribution in [0.15, 0.2) is 6.07 Å². The van der Waals surface area contributed by atoms with E-state index >= 15 is 0 Å². The van der Waals surface area contributed by atoms with Crippen LogP contribution in [0.3, 0.4) is 0 Å². The molecule has 0 spiro atoms. The molecule has 0 aliphatic rings. The molecule has 0 aromatic carbocycles. The summed E-state index contributed by atoms with van der Waals surface area (Å²) in [7, 11) is 0. The summed E-state index contributed by atoms with van der Waals surface area (Å²) in [5.74, 6) is 4.36. The second-order valence-corrected chi connectivity index (χ2v) is 3.18. The smallest absolute Gasteiger partial charge is 0.306 e. The molecule has 1 aromatic rings. The molecule has 0 atom stereocenters. The number of hydrogen-bond acceptors (Lipinski definition) is 4. The van der Waals surface area contributed by atoms with E-state index < -0.39 is 17.6 Å². The van der Waals surface area contributed by atoms with Crippen molar-refractivity contribution < 1.29 is 13.2 Å². The molecule has 72 valence electrons. The molecule has 4 nitrogen and oxygen atoms in total. The molecular formula is C5H4F3IN4. The van der Waals surface area contributed by atoms with Gasteiger partial charge in [0.1, 0.15) is 9.26 Å². The van der Waals surface area contributed by atoms with Crippen LogP contribution in [-0.2, 0) is 6.18 Å². The van der Waals surface area contributed by atoms with Crippen LogP contribution in [0.1, 0.15) is 5.56 Å². The van der Waals surface area contributed by atoms with E-state index in [1.54, 1.807) is 22.6 Å². The van der Waals surface area contributed by atoms with Crippen LogP contribution in [0.2, 0.25) is 0 Å². The van der Waals surface area contributed by atoms with Crippen LogP contribution in [0, 0.1) is 3.70 Å². The maximum Gasteiger partial charge on any atom is 0.420 e. The van der Waals surface area contributed by atoms with Crippen molar-refractivity contribution in [1.82, 2.24) is 10.2 Å². The number of aromatic nitrogens is 2. The van der Waals surface area contributed by atoms with Gasteiger partial charge >= 0.3 is 6.18 Å². The van der Waals surface area contributed by atoms with E-state index in [2.05, 4.69) is 10.2 Å². The molecule has 0 saturated heterocycles. The molecule has 0 fully saturated rings. The molecule has 0 bridgehead atoms. The molecule has 0 saturated carbocycles. The molecular weight excluding hydrogens is 300 g/mol. The number of hydrazine groups is 1. The molecule has 3 N–H and O–H groups in total. The van der Waals surface area contributed by atoms with E-state index in [0.717, 1.165) is 6.07 Å². The summed E-state index contributed by atoms with van der Waals surface area (Å²) in [5, 5.41) is 6.67. The van der Waals surface area contributed by atoms with Gasteiger partial charge < -0.3 is 5.43 Å². The molecule has 13 heavy (non-hydrogen) atoms. The Morgan fingerprint density at radius 3 is 2.46 bits per heavy atom. The molecule has 1 rings (SSSR count). The van der Waals surface area contributed by atoms with Crippen LogP contribution in [0.5, 0.6) is 0 Å². The third-order valence-corrected chi connectivity index (χ3v) is 1.73. The maximum absolute atomic E-state index is 12.2.